The van der Waals surface area contributed by atoms with Crippen molar-refractivity contribution in [3.8, 4) is 29.0 Å². The quantitative estimate of drug-likeness (QED) is 0.413. The highest BCUT2D eigenvalue weighted by Gasteiger charge is 2.35. The van der Waals surface area contributed by atoms with E-state index in [2.05, 4.69) is 16.3 Å². The van der Waals surface area contributed by atoms with Gasteiger partial charge in [-0.1, -0.05) is 72.3 Å². The Morgan fingerprint density at radius 2 is 1.76 bits per heavy atom. The van der Waals surface area contributed by atoms with E-state index in [0.717, 1.165) is 27.9 Å². The summed E-state index contributed by atoms with van der Waals surface area (Å²) in [6.07, 6.45) is 0. The van der Waals surface area contributed by atoms with Gasteiger partial charge in [-0.25, -0.2) is 0 Å². The second kappa shape index (κ2) is 8.73. The molecular weight excluding hydrogens is 436 g/mol. The number of rotatable bonds is 5. The summed E-state index contributed by atoms with van der Waals surface area (Å²) in [5.74, 6) is 0.691. The highest BCUT2D eigenvalue weighted by Crippen LogP contribution is 2.45. The van der Waals surface area contributed by atoms with Gasteiger partial charge < -0.3 is 15.2 Å². The molecule has 0 radical (unpaired) electrons. The van der Waals surface area contributed by atoms with Gasteiger partial charge in [-0.2, -0.15) is 5.26 Å². The predicted octanol–water partition coefficient (Wildman–Crippen LogP) is 5.53. The van der Waals surface area contributed by atoms with Crippen LogP contribution in [0.3, 0.4) is 0 Å². The molecule has 1 unspecified atom stereocenters. The maximum atomic E-state index is 9.87. The number of benzene rings is 3. The average molecular weight is 455 g/mol. The zero-order chi connectivity index (χ0) is 22.8. The Hall–Kier alpha value is -4.21. The van der Waals surface area contributed by atoms with Gasteiger partial charge in [-0.15, -0.1) is 5.10 Å². The molecule has 3 aromatic carbocycles. The zero-order valence-corrected chi connectivity index (χ0v) is 18.2. The van der Waals surface area contributed by atoms with Gasteiger partial charge in [0.2, 0.25) is 11.8 Å². The van der Waals surface area contributed by atoms with E-state index in [1.54, 1.807) is 0 Å². The number of ether oxygens (including phenoxy) is 2. The van der Waals surface area contributed by atoms with Crippen molar-refractivity contribution >= 4 is 11.6 Å². The van der Waals surface area contributed by atoms with Gasteiger partial charge in [0.05, 0.1) is 17.2 Å². The highest BCUT2D eigenvalue weighted by atomic mass is 35.5. The second-order valence-electron chi connectivity index (χ2n) is 7.56. The fraction of sp³-hybridized carbons (Fsp3) is 0.0769. The van der Waals surface area contributed by atoms with Crippen molar-refractivity contribution < 1.29 is 9.47 Å². The minimum atomic E-state index is -0.426. The minimum absolute atomic E-state index is 0.0557. The van der Waals surface area contributed by atoms with Crippen molar-refractivity contribution in [3.63, 3.8) is 0 Å². The summed E-state index contributed by atoms with van der Waals surface area (Å²) in [7, 11) is 0. The molecule has 0 aliphatic carbocycles. The van der Waals surface area contributed by atoms with E-state index < -0.39 is 5.92 Å². The van der Waals surface area contributed by atoms with E-state index in [-0.39, 0.29) is 5.88 Å². The lowest BCUT2D eigenvalue weighted by molar-refractivity contribution is 0.306. The molecule has 1 aliphatic heterocycles. The number of H-pyrrole nitrogens is 1. The van der Waals surface area contributed by atoms with Crippen LogP contribution in [-0.4, -0.2) is 10.2 Å². The van der Waals surface area contributed by atoms with Crippen LogP contribution in [0.2, 0.25) is 5.02 Å². The Balaban J connectivity index is 1.49. The predicted molar refractivity (Wildman–Crippen MR) is 126 cm³/mol. The molecule has 6 nitrogen and oxygen atoms in total. The smallest absolute Gasteiger partial charge is 0.244 e. The first-order valence-electron chi connectivity index (χ1n) is 10.3. The summed E-state index contributed by atoms with van der Waals surface area (Å²) in [4.78, 5) is 0. The van der Waals surface area contributed by atoms with Crippen LogP contribution in [0.25, 0.3) is 11.3 Å². The lowest BCUT2D eigenvalue weighted by Gasteiger charge is -2.24. The number of aromatic amines is 1. The maximum absolute atomic E-state index is 9.87. The Morgan fingerprint density at radius 1 is 1.03 bits per heavy atom. The first-order chi connectivity index (χ1) is 16.2. The van der Waals surface area contributed by atoms with Gasteiger partial charge in [0.15, 0.2) is 0 Å². The average Bonchev–Trinajstić information content (AvgIpc) is 3.27. The largest absolute Gasteiger partial charge is 0.489 e. The number of allylic oxidation sites excluding steroid dienone is 1. The molecule has 1 aliphatic rings. The molecule has 0 spiro atoms. The number of hydrogen-bond donors (Lipinski definition) is 2. The van der Waals surface area contributed by atoms with Crippen molar-refractivity contribution in [2.45, 2.75) is 12.5 Å². The molecule has 0 bridgehead atoms. The van der Waals surface area contributed by atoms with Crippen LogP contribution in [0.15, 0.2) is 90.3 Å². The number of nitrogens with one attached hydrogen (secondary N) is 1. The van der Waals surface area contributed by atoms with Crippen molar-refractivity contribution in [1.82, 2.24) is 10.2 Å². The number of nitrogens with two attached hydrogens (primary N) is 1. The summed E-state index contributed by atoms with van der Waals surface area (Å²) in [6, 6.07) is 27.2. The van der Waals surface area contributed by atoms with E-state index in [1.807, 2.05) is 78.9 Å². The Labute approximate surface area is 195 Å². The van der Waals surface area contributed by atoms with Gasteiger partial charge in [0.25, 0.3) is 0 Å². The number of aromatic nitrogens is 2. The number of nitriles is 1. The Bertz CT molecular complexity index is 1370. The summed E-state index contributed by atoms with van der Waals surface area (Å²) in [5, 5.41) is 17.9. The molecule has 0 fully saturated rings. The molecular formula is C26H19ClN4O2. The van der Waals surface area contributed by atoms with Gasteiger partial charge in [-0.3, -0.25) is 5.10 Å². The minimum Gasteiger partial charge on any atom is -0.489 e. The highest BCUT2D eigenvalue weighted by molar-refractivity contribution is 6.31. The van der Waals surface area contributed by atoms with Crippen molar-refractivity contribution in [1.29, 1.82) is 5.26 Å². The van der Waals surface area contributed by atoms with E-state index in [4.69, 9.17) is 26.8 Å². The monoisotopic (exact) mass is 454 g/mol. The van der Waals surface area contributed by atoms with Crippen LogP contribution in [0.1, 0.15) is 22.6 Å². The zero-order valence-electron chi connectivity index (χ0n) is 17.5. The summed E-state index contributed by atoms with van der Waals surface area (Å²) in [5.41, 5.74) is 10.7. The first-order valence-corrected chi connectivity index (χ1v) is 10.7. The van der Waals surface area contributed by atoms with Crippen molar-refractivity contribution in [2.24, 2.45) is 5.73 Å². The number of nitrogens with zero attached hydrogens (tertiary/aromatic N) is 2. The molecule has 5 rings (SSSR count). The molecule has 3 N–H and O–H groups in total. The van der Waals surface area contributed by atoms with Crippen LogP contribution in [0.5, 0.6) is 11.6 Å². The Kier molecular flexibility index (Phi) is 5.47. The normalized spacial score (nSPS) is 14.8. The van der Waals surface area contributed by atoms with Crippen LogP contribution < -0.4 is 15.2 Å². The number of fused-ring (bicyclic) bond motifs is 1. The van der Waals surface area contributed by atoms with E-state index in [9.17, 15) is 5.26 Å². The van der Waals surface area contributed by atoms with Gasteiger partial charge >= 0.3 is 0 Å². The summed E-state index contributed by atoms with van der Waals surface area (Å²) in [6.45, 7) is 0.358. The molecule has 4 aromatic rings. The van der Waals surface area contributed by atoms with Gasteiger partial charge in [-0.05, 0) is 29.3 Å². The lowest BCUT2D eigenvalue weighted by atomic mass is 9.83. The Morgan fingerprint density at radius 3 is 2.48 bits per heavy atom. The third-order valence-corrected chi connectivity index (χ3v) is 5.94. The van der Waals surface area contributed by atoms with E-state index in [0.29, 0.717) is 28.8 Å². The fourth-order valence-corrected chi connectivity index (χ4v) is 4.13. The maximum Gasteiger partial charge on any atom is 0.244 e. The standard InChI is InChI=1S/C26H19ClN4O2/c27-21-9-5-4-8-18(21)15-32-19-12-10-16(11-13-19)22-20(14-28)25(29)33-26-23(22)24(30-31-26)17-6-2-1-3-7-17/h1-13,22H,15,29H2,(H,30,31). The molecule has 1 aromatic heterocycles. The molecule has 162 valence electrons. The van der Waals surface area contributed by atoms with Crippen molar-refractivity contribution in [2.75, 3.05) is 0 Å². The molecule has 1 atom stereocenters. The van der Waals surface area contributed by atoms with Crippen LogP contribution in [0, 0.1) is 11.3 Å². The van der Waals surface area contributed by atoms with Crippen molar-refractivity contribution in [3.05, 3.63) is 112 Å². The molecule has 2 heterocycles. The fourth-order valence-electron chi connectivity index (χ4n) is 3.94. The molecule has 0 saturated carbocycles. The van der Waals surface area contributed by atoms with E-state index >= 15 is 0 Å². The molecule has 0 amide bonds. The van der Waals surface area contributed by atoms with Gasteiger partial charge in [0.1, 0.15) is 24.0 Å². The summed E-state index contributed by atoms with van der Waals surface area (Å²) < 4.78 is 11.6. The van der Waals surface area contributed by atoms with Crippen LogP contribution in [0.4, 0.5) is 0 Å². The third kappa shape index (κ3) is 3.91. The molecule has 7 heteroatoms. The molecule has 33 heavy (non-hydrogen) atoms. The van der Waals surface area contributed by atoms with Crippen LogP contribution >= 0.6 is 11.6 Å². The van der Waals surface area contributed by atoms with E-state index in [1.165, 1.54) is 0 Å². The third-order valence-electron chi connectivity index (χ3n) is 5.57. The topological polar surface area (TPSA) is 97.0 Å². The van der Waals surface area contributed by atoms with Gasteiger partial charge in [0, 0.05) is 10.6 Å². The second-order valence-corrected chi connectivity index (χ2v) is 7.96. The number of hydrogen-bond acceptors (Lipinski definition) is 5. The SMILES string of the molecule is N#CC1=C(N)Oc2n[nH]c(-c3ccccc3)c2C1c1ccc(OCc2ccccc2Cl)cc1. The number of halogens is 1. The lowest BCUT2D eigenvalue weighted by Crippen LogP contribution is -2.21. The first kappa shape index (κ1) is 20.7. The molecule has 0 saturated heterocycles. The summed E-state index contributed by atoms with van der Waals surface area (Å²) >= 11 is 6.22. The van der Waals surface area contributed by atoms with Crippen LogP contribution in [-0.2, 0) is 6.61 Å².